The molecule has 3 heterocycles. The predicted molar refractivity (Wildman–Crippen MR) is 94.5 cm³/mol. The van der Waals surface area contributed by atoms with Gasteiger partial charge in [-0.05, 0) is 49.7 Å². The number of carbonyl (C=O) groups is 1. The average molecular weight is 366 g/mol. The molecule has 0 aliphatic carbocycles. The Kier molecular flexibility index (Phi) is 4.11. The van der Waals surface area contributed by atoms with Crippen molar-refractivity contribution >= 4 is 17.2 Å². The molecule has 8 nitrogen and oxygen atoms in total. The van der Waals surface area contributed by atoms with Gasteiger partial charge in [0.2, 0.25) is 5.91 Å². The number of amides is 1. The predicted octanol–water partition coefficient (Wildman–Crippen LogP) is 2.72. The van der Waals surface area contributed by atoms with E-state index in [1.807, 2.05) is 0 Å². The third kappa shape index (κ3) is 3.39. The molecule has 0 aliphatic rings. The SMILES string of the molecule is Cc1noc(-c2ccc3nnc(CC(=O)Nc4ccc(F)c(C)c4)n3c2)n1. The fourth-order valence-corrected chi connectivity index (χ4v) is 2.67. The van der Waals surface area contributed by atoms with Gasteiger partial charge in [-0.15, -0.1) is 10.2 Å². The topological polar surface area (TPSA) is 98.2 Å². The van der Waals surface area contributed by atoms with Gasteiger partial charge in [0, 0.05) is 11.9 Å². The summed E-state index contributed by atoms with van der Waals surface area (Å²) < 4.78 is 20.2. The van der Waals surface area contributed by atoms with E-state index < -0.39 is 0 Å². The van der Waals surface area contributed by atoms with E-state index in [-0.39, 0.29) is 18.1 Å². The third-order valence-electron chi connectivity index (χ3n) is 4.01. The zero-order valence-corrected chi connectivity index (χ0v) is 14.6. The zero-order chi connectivity index (χ0) is 19.0. The van der Waals surface area contributed by atoms with Crippen LogP contribution in [0.4, 0.5) is 10.1 Å². The summed E-state index contributed by atoms with van der Waals surface area (Å²) in [4.78, 5) is 16.5. The first-order valence-electron chi connectivity index (χ1n) is 8.20. The molecule has 1 N–H and O–H groups in total. The molecule has 9 heteroatoms. The summed E-state index contributed by atoms with van der Waals surface area (Å²) in [6, 6.07) is 7.95. The molecule has 0 radical (unpaired) electrons. The Morgan fingerprint density at radius 3 is 2.81 bits per heavy atom. The van der Waals surface area contributed by atoms with E-state index in [0.717, 1.165) is 0 Å². The van der Waals surface area contributed by atoms with Crippen molar-refractivity contribution in [1.29, 1.82) is 0 Å². The maximum absolute atomic E-state index is 13.3. The molecule has 0 saturated heterocycles. The van der Waals surface area contributed by atoms with Crippen LogP contribution in [0.2, 0.25) is 0 Å². The summed E-state index contributed by atoms with van der Waals surface area (Å²) in [5.74, 6) is 0.761. The minimum absolute atomic E-state index is 0.00387. The fraction of sp³-hybridized carbons (Fsp3) is 0.167. The van der Waals surface area contributed by atoms with E-state index >= 15 is 0 Å². The molecular formula is C18H15FN6O2. The molecule has 0 fully saturated rings. The van der Waals surface area contributed by atoms with Gasteiger partial charge in [0.1, 0.15) is 11.6 Å². The van der Waals surface area contributed by atoms with Crippen LogP contribution in [0.1, 0.15) is 17.2 Å². The first kappa shape index (κ1) is 16.8. The van der Waals surface area contributed by atoms with Crippen LogP contribution in [0.25, 0.3) is 17.1 Å². The van der Waals surface area contributed by atoms with Crippen molar-refractivity contribution in [2.24, 2.45) is 0 Å². The maximum Gasteiger partial charge on any atom is 0.259 e. The number of rotatable bonds is 4. The molecule has 1 amide bonds. The van der Waals surface area contributed by atoms with E-state index in [0.29, 0.717) is 40.0 Å². The molecule has 4 rings (SSSR count). The summed E-state index contributed by atoms with van der Waals surface area (Å²) in [7, 11) is 0. The summed E-state index contributed by atoms with van der Waals surface area (Å²) in [5, 5.41) is 14.6. The van der Waals surface area contributed by atoms with E-state index in [1.165, 1.54) is 12.1 Å². The highest BCUT2D eigenvalue weighted by Crippen LogP contribution is 2.19. The number of pyridine rings is 1. The maximum atomic E-state index is 13.3. The Morgan fingerprint density at radius 1 is 1.22 bits per heavy atom. The summed E-state index contributed by atoms with van der Waals surface area (Å²) in [6.45, 7) is 3.37. The molecule has 3 aromatic heterocycles. The van der Waals surface area contributed by atoms with Gasteiger partial charge in [-0.3, -0.25) is 9.20 Å². The second-order valence-electron chi connectivity index (χ2n) is 6.10. The second kappa shape index (κ2) is 6.60. The molecule has 0 saturated carbocycles. The lowest BCUT2D eigenvalue weighted by atomic mass is 10.2. The highest BCUT2D eigenvalue weighted by atomic mass is 19.1. The van der Waals surface area contributed by atoms with Crippen molar-refractivity contribution in [2.45, 2.75) is 20.3 Å². The fourth-order valence-electron chi connectivity index (χ4n) is 2.67. The number of nitrogens with zero attached hydrogens (tertiary/aromatic N) is 5. The van der Waals surface area contributed by atoms with Crippen LogP contribution in [0, 0.1) is 19.7 Å². The van der Waals surface area contributed by atoms with Crippen LogP contribution in [-0.2, 0) is 11.2 Å². The molecule has 27 heavy (non-hydrogen) atoms. The molecule has 136 valence electrons. The van der Waals surface area contributed by atoms with Gasteiger partial charge in [0.15, 0.2) is 11.5 Å². The lowest BCUT2D eigenvalue weighted by Gasteiger charge is -2.06. The lowest BCUT2D eigenvalue weighted by Crippen LogP contribution is -2.16. The van der Waals surface area contributed by atoms with Gasteiger partial charge in [0.05, 0.1) is 12.0 Å². The summed E-state index contributed by atoms with van der Waals surface area (Å²) in [6.07, 6.45) is 1.75. The monoisotopic (exact) mass is 366 g/mol. The number of fused-ring (bicyclic) bond motifs is 1. The largest absolute Gasteiger partial charge is 0.334 e. The standard InChI is InChI=1S/C18H15FN6O2/c1-10-7-13(4-5-14(10)19)21-17(26)8-16-23-22-15-6-3-12(9-25(15)16)18-20-11(2)24-27-18/h3-7,9H,8H2,1-2H3,(H,21,26). The van der Waals surface area contributed by atoms with E-state index in [2.05, 4.69) is 25.7 Å². The van der Waals surface area contributed by atoms with Crippen LogP contribution in [0.3, 0.4) is 0 Å². The van der Waals surface area contributed by atoms with E-state index in [9.17, 15) is 9.18 Å². The molecular weight excluding hydrogens is 351 g/mol. The molecule has 0 unspecified atom stereocenters. The van der Waals surface area contributed by atoms with Crippen LogP contribution in [-0.4, -0.2) is 30.6 Å². The van der Waals surface area contributed by atoms with Gasteiger partial charge in [-0.1, -0.05) is 5.16 Å². The Bertz CT molecular complexity index is 1150. The normalized spacial score (nSPS) is 11.1. The Morgan fingerprint density at radius 2 is 2.07 bits per heavy atom. The van der Waals surface area contributed by atoms with Gasteiger partial charge >= 0.3 is 0 Å². The number of benzene rings is 1. The van der Waals surface area contributed by atoms with Crippen LogP contribution in [0.15, 0.2) is 41.1 Å². The molecule has 0 aliphatic heterocycles. The van der Waals surface area contributed by atoms with Crippen LogP contribution < -0.4 is 5.32 Å². The number of hydrogen-bond acceptors (Lipinski definition) is 6. The van der Waals surface area contributed by atoms with Crippen LogP contribution >= 0.6 is 0 Å². The van der Waals surface area contributed by atoms with Crippen molar-refractivity contribution in [1.82, 2.24) is 24.7 Å². The van der Waals surface area contributed by atoms with Crippen molar-refractivity contribution in [3.63, 3.8) is 0 Å². The molecule has 0 spiro atoms. The minimum Gasteiger partial charge on any atom is -0.334 e. The number of hydrogen-bond donors (Lipinski definition) is 1. The quantitative estimate of drug-likeness (QED) is 0.596. The summed E-state index contributed by atoms with van der Waals surface area (Å²) in [5.41, 5.74) is 2.27. The smallest absolute Gasteiger partial charge is 0.259 e. The first-order chi connectivity index (χ1) is 13.0. The number of halogens is 1. The third-order valence-corrected chi connectivity index (χ3v) is 4.01. The number of aryl methyl sites for hydroxylation is 2. The molecule has 4 aromatic rings. The van der Waals surface area contributed by atoms with Crippen molar-refractivity contribution < 1.29 is 13.7 Å². The molecule has 0 bridgehead atoms. The van der Waals surface area contributed by atoms with Gasteiger partial charge in [-0.2, -0.15) is 4.98 Å². The van der Waals surface area contributed by atoms with Crippen LogP contribution in [0.5, 0.6) is 0 Å². The van der Waals surface area contributed by atoms with Crippen molar-refractivity contribution in [3.05, 3.63) is 59.6 Å². The Hall–Kier alpha value is -3.62. The van der Waals surface area contributed by atoms with E-state index in [1.54, 1.807) is 42.6 Å². The number of aromatic nitrogens is 5. The van der Waals surface area contributed by atoms with Crippen molar-refractivity contribution in [3.8, 4) is 11.5 Å². The Balaban J connectivity index is 1.57. The van der Waals surface area contributed by atoms with Gasteiger partial charge in [0.25, 0.3) is 5.89 Å². The minimum atomic E-state index is -0.319. The second-order valence-corrected chi connectivity index (χ2v) is 6.10. The number of carbonyl (C=O) groups excluding carboxylic acids is 1. The first-order valence-corrected chi connectivity index (χ1v) is 8.20. The zero-order valence-electron chi connectivity index (χ0n) is 14.6. The Labute approximate surface area is 153 Å². The summed E-state index contributed by atoms with van der Waals surface area (Å²) >= 11 is 0. The van der Waals surface area contributed by atoms with Gasteiger partial charge < -0.3 is 9.84 Å². The van der Waals surface area contributed by atoms with Gasteiger partial charge in [-0.25, -0.2) is 4.39 Å². The highest BCUT2D eigenvalue weighted by molar-refractivity contribution is 5.92. The van der Waals surface area contributed by atoms with E-state index in [4.69, 9.17) is 4.52 Å². The molecule has 0 atom stereocenters. The highest BCUT2D eigenvalue weighted by Gasteiger charge is 2.14. The number of nitrogens with one attached hydrogen (secondary N) is 1. The number of anilines is 1. The average Bonchev–Trinajstić information content (AvgIpc) is 3.24. The lowest BCUT2D eigenvalue weighted by molar-refractivity contribution is -0.115. The molecule has 1 aromatic carbocycles. The van der Waals surface area contributed by atoms with Crippen molar-refractivity contribution in [2.75, 3.05) is 5.32 Å².